The summed E-state index contributed by atoms with van der Waals surface area (Å²) in [6.07, 6.45) is -5.27. The number of Topliss-reactive ketones (excluding diaryl/α,β-unsaturated/α-hetero) is 1. The Balaban J connectivity index is 2.11. The summed E-state index contributed by atoms with van der Waals surface area (Å²) < 4.78 is 44.6. The van der Waals surface area contributed by atoms with Crippen LogP contribution in [-0.2, 0) is 25.7 Å². The molecule has 1 heterocycles. The van der Waals surface area contributed by atoms with Crippen molar-refractivity contribution in [2.75, 3.05) is 6.54 Å². The number of ether oxygens (including phenoxy) is 1. The van der Waals surface area contributed by atoms with E-state index in [2.05, 4.69) is 10.6 Å². The Labute approximate surface area is 208 Å². The number of alkyl carbamates (subject to hydrolysis) is 1. The molecule has 1 aliphatic heterocycles. The minimum absolute atomic E-state index is 0.00184. The third-order valence-electron chi connectivity index (χ3n) is 5.95. The number of amides is 3. The molecule has 1 fully saturated rings. The molecule has 2 rings (SSSR count). The third kappa shape index (κ3) is 7.69. The van der Waals surface area contributed by atoms with Crippen LogP contribution in [0.4, 0.5) is 18.0 Å². The molecule has 1 saturated heterocycles. The van der Waals surface area contributed by atoms with E-state index in [0.717, 1.165) is 5.56 Å². The highest BCUT2D eigenvalue weighted by Crippen LogP contribution is 2.29. The number of carbonyl (C=O) groups is 4. The van der Waals surface area contributed by atoms with Gasteiger partial charge in [-0.15, -0.1) is 0 Å². The van der Waals surface area contributed by atoms with E-state index in [1.165, 1.54) is 25.7 Å². The molecular weight excluding hydrogens is 479 g/mol. The second-order valence-corrected chi connectivity index (χ2v) is 10.3. The zero-order chi connectivity index (χ0) is 27.3. The van der Waals surface area contributed by atoms with Gasteiger partial charge >= 0.3 is 12.3 Å². The van der Waals surface area contributed by atoms with Crippen molar-refractivity contribution in [3.63, 3.8) is 0 Å². The maximum atomic E-state index is 13.3. The molecule has 200 valence electrons. The van der Waals surface area contributed by atoms with Crippen LogP contribution < -0.4 is 10.6 Å². The maximum absolute atomic E-state index is 13.3. The van der Waals surface area contributed by atoms with E-state index in [1.54, 1.807) is 38.1 Å². The largest absolute Gasteiger partial charge is 0.452 e. The molecule has 1 aromatic rings. The summed E-state index contributed by atoms with van der Waals surface area (Å²) in [5.41, 5.74) is -0.446. The summed E-state index contributed by atoms with van der Waals surface area (Å²) in [7, 11) is 0. The fourth-order valence-electron chi connectivity index (χ4n) is 3.96. The van der Waals surface area contributed by atoms with Gasteiger partial charge < -0.3 is 20.3 Å². The van der Waals surface area contributed by atoms with E-state index >= 15 is 0 Å². The minimum atomic E-state index is -5.12. The lowest BCUT2D eigenvalue weighted by Gasteiger charge is -2.34. The Bertz CT molecular complexity index is 944. The van der Waals surface area contributed by atoms with Gasteiger partial charge in [0.1, 0.15) is 24.7 Å². The molecule has 0 saturated carbocycles. The first-order chi connectivity index (χ1) is 16.6. The van der Waals surface area contributed by atoms with E-state index in [1.807, 2.05) is 6.07 Å². The molecule has 36 heavy (non-hydrogen) atoms. The van der Waals surface area contributed by atoms with Crippen molar-refractivity contribution >= 4 is 23.7 Å². The highest BCUT2D eigenvalue weighted by Gasteiger charge is 2.49. The van der Waals surface area contributed by atoms with Crippen molar-refractivity contribution < 1.29 is 37.1 Å². The van der Waals surface area contributed by atoms with E-state index in [-0.39, 0.29) is 25.5 Å². The number of hydrogen-bond acceptors (Lipinski definition) is 5. The predicted molar refractivity (Wildman–Crippen MR) is 126 cm³/mol. The number of ketones is 1. The quantitative estimate of drug-likeness (QED) is 0.553. The van der Waals surface area contributed by atoms with Crippen LogP contribution in [-0.4, -0.2) is 59.4 Å². The summed E-state index contributed by atoms with van der Waals surface area (Å²) >= 11 is 0. The number of hydrogen-bond donors (Lipinski definition) is 2. The van der Waals surface area contributed by atoms with E-state index in [9.17, 15) is 32.3 Å². The second kappa shape index (κ2) is 11.7. The van der Waals surface area contributed by atoms with Crippen LogP contribution in [0.1, 0.15) is 53.0 Å². The van der Waals surface area contributed by atoms with Gasteiger partial charge in [-0.2, -0.15) is 13.2 Å². The minimum Gasteiger partial charge on any atom is -0.445 e. The van der Waals surface area contributed by atoms with Crippen LogP contribution in [0.5, 0.6) is 0 Å². The van der Waals surface area contributed by atoms with Crippen molar-refractivity contribution in [1.29, 1.82) is 0 Å². The number of halogens is 3. The summed E-state index contributed by atoms with van der Waals surface area (Å²) in [5, 5.41) is 4.76. The van der Waals surface area contributed by atoms with Gasteiger partial charge in [0.2, 0.25) is 11.8 Å². The van der Waals surface area contributed by atoms with Crippen LogP contribution in [0.2, 0.25) is 0 Å². The standard InChI is InChI=1S/C25H34F3N3O5/c1-15(2)18(29-23(35)36-14-16-10-7-6-8-11-16)22(34)31-13-9-12-17(31)21(33)30-19(24(3,4)5)20(32)25(26,27)28/h6-8,10-11,15,17-19H,9,12-14H2,1-5H3,(H,29,35)(H,30,33)/t17-,18-,19+/m0/s1. The molecule has 0 aliphatic carbocycles. The Morgan fingerprint density at radius 2 is 1.67 bits per heavy atom. The topological polar surface area (TPSA) is 105 Å². The fourth-order valence-corrected chi connectivity index (χ4v) is 3.96. The van der Waals surface area contributed by atoms with Gasteiger partial charge in [0.15, 0.2) is 0 Å². The van der Waals surface area contributed by atoms with Crippen LogP contribution in [0.3, 0.4) is 0 Å². The van der Waals surface area contributed by atoms with Gasteiger partial charge in [-0.25, -0.2) is 4.79 Å². The fraction of sp³-hybridized carbons (Fsp3) is 0.600. The first kappa shape index (κ1) is 29.1. The molecule has 2 N–H and O–H groups in total. The van der Waals surface area contributed by atoms with E-state index in [4.69, 9.17) is 4.74 Å². The van der Waals surface area contributed by atoms with Gasteiger partial charge in [-0.3, -0.25) is 14.4 Å². The molecule has 1 aliphatic rings. The van der Waals surface area contributed by atoms with Crippen molar-refractivity contribution in [2.24, 2.45) is 11.3 Å². The molecule has 11 heteroatoms. The van der Waals surface area contributed by atoms with Crippen molar-refractivity contribution in [1.82, 2.24) is 15.5 Å². The first-order valence-corrected chi connectivity index (χ1v) is 11.8. The van der Waals surface area contributed by atoms with Crippen LogP contribution >= 0.6 is 0 Å². The second-order valence-electron chi connectivity index (χ2n) is 10.3. The lowest BCUT2D eigenvalue weighted by Crippen LogP contribution is -2.59. The van der Waals surface area contributed by atoms with Crippen molar-refractivity contribution in [3.05, 3.63) is 35.9 Å². The Kier molecular flexibility index (Phi) is 9.51. The van der Waals surface area contributed by atoms with Gasteiger partial charge in [-0.1, -0.05) is 65.0 Å². The Hall–Kier alpha value is -3.11. The number of benzene rings is 1. The molecule has 0 spiro atoms. The third-order valence-corrected chi connectivity index (χ3v) is 5.95. The number of alkyl halides is 3. The molecule has 1 aromatic carbocycles. The van der Waals surface area contributed by atoms with Gasteiger partial charge in [0, 0.05) is 6.54 Å². The first-order valence-electron chi connectivity index (χ1n) is 11.8. The van der Waals surface area contributed by atoms with E-state index in [0.29, 0.717) is 6.42 Å². The summed E-state index contributed by atoms with van der Waals surface area (Å²) in [4.78, 5) is 51.9. The lowest BCUT2D eigenvalue weighted by atomic mass is 9.83. The SMILES string of the molecule is CC(C)[C@H](NC(=O)OCc1ccccc1)C(=O)N1CCC[C@H]1C(=O)N[C@H](C(=O)C(F)(F)F)C(C)(C)C. The van der Waals surface area contributed by atoms with Gasteiger partial charge in [-0.05, 0) is 29.7 Å². The van der Waals surface area contributed by atoms with Crippen molar-refractivity contribution in [3.8, 4) is 0 Å². The van der Waals surface area contributed by atoms with Crippen LogP contribution in [0, 0.1) is 11.3 Å². The predicted octanol–water partition coefficient (Wildman–Crippen LogP) is 3.59. The average Bonchev–Trinajstić information content (AvgIpc) is 3.28. The smallest absolute Gasteiger partial charge is 0.445 e. The number of carbonyl (C=O) groups excluding carboxylic acids is 4. The zero-order valence-electron chi connectivity index (χ0n) is 21.1. The van der Waals surface area contributed by atoms with Crippen molar-refractivity contribution in [2.45, 2.75) is 78.4 Å². The molecule has 0 unspecified atom stereocenters. The normalized spacial score (nSPS) is 17.9. The molecule has 0 aromatic heterocycles. The van der Waals surface area contributed by atoms with Gasteiger partial charge in [0.05, 0.1) is 0 Å². The van der Waals surface area contributed by atoms with Crippen LogP contribution in [0.15, 0.2) is 30.3 Å². The monoisotopic (exact) mass is 513 g/mol. The number of likely N-dealkylation sites (tertiary alicyclic amines) is 1. The molecule has 8 nitrogen and oxygen atoms in total. The average molecular weight is 514 g/mol. The number of nitrogens with one attached hydrogen (secondary N) is 2. The highest BCUT2D eigenvalue weighted by atomic mass is 19.4. The lowest BCUT2D eigenvalue weighted by molar-refractivity contribution is -0.176. The van der Waals surface area contributed by atoms with Crippen LogP contribution in [0.25, 0.3) is 0 Å². The molecule has 0 radical (unpaired) electrons. The highest BCUT2D eigenvalue weighted by molar-refractivity contribution is 5.96. The number of rotatable bonds is 8. The molecule has 3 atom stereocenters. The van der Waals surface area contributed by atoms with E-state index < -0.39 is 53.4 Å². The Morgan fingerprint density at radius 1 is 1.06 bits per heavy atom. The molecular formula is C25H34F3N3O5. The Morgan fingerprint density at radius 3 is 2.19 bits per heavy atom. The van der Waals surface area contributed by atoms with Gasteiger partial charge in [0.25, 0.3) is 5.78 Å². The molecule has 3 amide bonds. The maximum Gasteiger partial charge on any atom is 0.452 e. The number of nitrogens with zero attached hydrogens (tertiary/aromatic N) is 1. The summed E-state index contributed by atoms with van der Waals surface area (Å²) in [5.74, 6) is -3.80. The summed E-state index contributed by atoms with van der Waals surface area (Å²) in [6, 6.07) is 5.07. The molecule has 0 bridgehead atoms. The summed E-state index contributed by atoms with van der Waals surface area (Å²) in [6.45, 7) is 7.86. The zero-order valence-corrected chi connectivity index (χ0v) is 21.1.